The number of rotatable bonds is 7. The molecule has 138 valence electrons. The number of carbonyl (C=O) groups is 2. The maximum atomic E-state index is 12.4. The van der Waals surface area contributed by atoms with E-state index in [1.165, 1.54) is 0 Å². The Morgan fingerprint density at radius 3 is 2.56 bits per heavy atom. The van der Waals surface area contributed by atoms with E-state index >= 15 is 0 Å². The Kier molecular flexibility index (Phi) is 7.25. The van der Waals surface area contributed by atoms with Gasteiger partial charge in [-0.2, -0.15) is 0 Å². The highest BCUT2D eigenvalue weighted by Crippen LogP contribution is 2.26. The number of hydrogen-bond donors (Lipinski definition) is 1. The average Bonchev–Trinajstić information content (AvgIpc) is 2.59. The summed E-state index contributed by atoms with van der Waals surface area (Å²) in [5, 5.41) is 3.00. The molecule has 1 fully saturated rings. The molecule has 1 aromatic rings. The fraction of sp³-hybridized carbons (Fsp3) is 0.579. The number of anilines is 2. The summed E-state index contributed by atoms with van der Waals surface area (Å²) in [4.78, 5) is 28.0. The van der Waals surface area contributed by atoms with Gasteiger partial charge in [-0.3, -0.25) is 9.59 Å². The molecule has 2 amide bonds. The molecule has 0 radical (unpaired) electrons. The molecular weight excluding hydrogens is 318 g/mol. The van der Waals surface area contributed by atoms with Crippen LogP contribution in [0.3, 0.4) is 0 Å². The molecule has 6 nitrogen and oxygen atoms in total. The Labute approximate surface area is 150 Å². The van der Waals surface area contributed by atoms with Crippen molar-refractivity contribution in [2.45, 2.75) is 27.2 Å². The van der Waals surface area contributed by atoms with Gasteiger partial charge in [0, 0.05) is 39.5 Å². The maximum Gasteiger partial charge on any atom is 0.226 e. The molecule has 0 saturated carbocycles. The van der Waals surface area contributed by atoms with Crippen molar-refractivity contribution in [1.29, 1.82) is 0 Å². The number of hydrogen-bond acceptors (Lipinski definition) is 4. The topological polar surface area (TPSA) is 61.9 Å². The summed E-state index contributed by atoms with van der Waals surface area (Å²) in [6.07, 6.45) is 0.295. The third-order valence-corrected chi connectivity index (χ3v) is 4.17. The first-order chi connectivity index (χ1) is 12.0. The SMILES string of the molecule is CC(=O)N(CCC(=O)Nc1ccccc1N1CCOCC1)CC(C)C. The van der Waals surface area contributed by atoms with E-state index in [0.29, 0.717) is 38.6 Å². The van der Waals surface area contributed by atoms with Crippen molar-refractivity contribution >= 4 is 23.2 Å². The standard InChI is InChI=1S/C19H29N3O3/c1-15(2)14-22(16(3)23)9-8-19(24)20-17-6-4-5-7-18(17)21-10-12-25-13-11-21/h4-7,15H,8-14H2,1-3H3,(H,20,24). The maximum absolute atomic E-state index is 12.4. The largest absolute Gasteiger partial charge is 0.378 e. The predicted octanol–water partition coefficient (Wildman–Crippen LogP) is 2.36. The number of carbonyl (C=O) groups excluding carboxylic acids is 2. The van der Waals surface area contributed by atoms with Gasteiger partial charge in [0.1, 0.15) is 0 Å². The highest BCUT2D eigenvalue weighted by Gasteiger charge is 2.17. The second-order valence-electron chi connectivity index (χ2n) is 6.77. The van der Waals surface area contributed by atoms with Crippen molar-refractivity contribution in [3.8, 4) is 0 Å². The summed E-state index contributed by atoms with van der Waals surface area (Å²) in [6.45, 7) is 9.83. The minimum Gasteiger partial charge on any atom is -0.378 e. The van der Waals surface area contributed by atoms with Gasteiger partial charge < -0.3 is 19.9 Å². The Balaban J connectivity index is 1.95. The predicted molar refractivity (Wildman–Crippen MR) is 99.8 cm³/mol. The molecule has 25 heavy (non-hydrogen) atoms. The summed E-state index contributed by atoms with van der Waals surface area (Å²) in [5.41, 5.74) is 1.83. The van der Waals surface area contributed by atoms with Gasteiger partial charge >= 0.3 is 0 Å². The first-order valence-corrected chi connectivity index (χ1v) is 8.94. The number of morpholine rings is 1. The molecule has 1 aromatic carbocycles. The van der Waals surface area contributed by atoms with Crippen LogP contribution in [0.5, 0.6) is 0 Å². The summed E-state index contributed by atoms with van der Waals surface area (Å²) in [6, 6.07) is 7.82. The molecule has 6 heteroatoms. The van der Waals surface area contributed by atoms with Crippen LogP contribution in [0, 0.1) is 5.92 Å². The molecule has 1 N–H and O–H groups in total. The number of para-hydroxylation sites is 2. The second kappa shape index (κ2) is 9.42. The van der Waals surface area contributed by atoms with Crippen LogP contribution in [-0.2, 0) is 14.3 Å². The van der Waals surface area contributed by atoms with Crippen LogP contribution in [0.25, 0.3) is 0 Å². The van der Waals surface area contributed by atoms with Crippen LogP contribution in [-0.4, -0.2) is 56.1 Å². The van der Waals surface area contributed by atoms with Gasteiger partial charge in [0.05, 0.1) is 24.6 Å². The van der Waals surface area contributed by atoms with Crippen molar-refractivity contribution in [3.63, 3.8) is 0 Å². The lowest BCUT2D eigenvalue weighted by molar-refractivity contribution is -0.129. The van der Waals surface area contributed by atoms with Crippen LogP contribution >= 0.6 is 0 Å². The smallest absolute Gasteiger partial charge is 0.226 e. The van der Waals surface area contributed by atoms with E-state index in [-0.39, 0.29) is 11.8 Å². The van der Waals surface area contributed by atoms with Gasteiger partial charge in [0.25, 0.3) is 0 Å². The first-order valence-electron chi connectivity index (χ1n) is 8.94. The van der Waals surface area contributed by atoms with Gasteiger partial charge in [-0.1, -0.05) is 26.0 Å². The minimum absolute atomic E-state index is 0.00946. The molecule has 0 atom stereocenters. The van der Waals surface area contributed by atoms with E-state index in [0.717, 1.165) is 24.5 Å². The molecule has 0 spiro atoms. The Bertz CT molecular complexity index is 583. The van der Waals surface area contributed by atoms with E-state index in [1.54, 1.807) is 11.8 Å². The highest BCUT2D eigenvalue weighted by atomic mass is 16.5. The number of amides is 2. The molecule has 1 aliphatic rings. The third-order valence-electron chi connectivity index (χ3n) is 4.17. The van der Waals surface area contributed by atoms with E-state index in [1.807, 2.05) is 24.3 Å². The van der Waals surface area contributed by atoms with Crippen molar-refractivity contribution in [2.24, 2.45) is 5.92 Å². The zero-order valence-corrected chi connectivity index (χ0v) is 15.5. The van der Waals surface area contributed by atoms with Crippen molar-refractivity contribution in [2.75, 3.05) is 49.6 Å². The van der Waals surface area contributed by atoms with Crippen LogP contribution in [0.1, 0.15) is 27.2 Å². The van der Waals surface area contributed by atoms with Gasteiger partial charge in [0.15, 0.2) is 0 Å². The van der Waals surface area contributed by atoms with Crippen LogP contribution in [0.2, 0.25) is 0 Å². The summed E-state index contributed by atoms with van der Waals surface area (Å²) in [7, 11) is 0. The molecule has 0 aliphatic carbocycles. The van der Waals surface area contributed by atoms with Crippen molar-refractivity contribution in [3.05, 3.63) is 24.3 Å². The normalized spacial score (nSPS) is 14.5. The lowest BCUT2D eigenvalue weighted by Gasteiger charge is -2.30. The van der Waals surface area contributed by atoms with E-state index in [2.05, 4.69) is 24.1 Å². The number of nitrogens with zero attached hydrogens (tertiary/aromatic N) is 2. The summed E-state index contributed by atoms with van der Waals surface area (Å²) in [5.74, 6) is 0.319. The number of ether oxygens (including phenoxy) is 1. The van der Waals surface area contributed by atoms with E-state index < -0.39 is 0 Å². The lowest BCUT2D eigenvalue weighted by Crippen LogP contribution is -2.37. The van der Waals surface area contributed by atoms with Gasteiger partial charge in [-0.15, -0.1) is 0 Å². The van der Waals surface area contributed by atoms with Crippen molar-refractivity contribution in [1.82, 2.24) is 4.90 Å². The number of nitrogens with one attached hydrogen (secondary N) is 1. The quantitative estimate of drug-likeness (QED) is 0.822. The molecule has 2 rings (SSSR count). The molecule has 0 unspecified atom stereocenters. The zero-order valence-electron chi connectivity index (χ0n) is 15.5. The Morgan fingerprint density at radius 1 is 1.24 bits per heavy atom. The third kappa shape index (κ3) is 6.05. The molecular formula is C19H29N3O3. The van der Waals surface area contributed by atoms with Gasteiger partial charge in [-0.25, -0.2) is 0 Å². The Morgan fingerprint density at radius 2 is 1.92 bits per heavy atom. The monoisotopic (exact) mass is 347 g/mol. The minimum atomic E-state index is -0.0734. The lowest BCUT2D eigenvalue weighted by atomic mass is 10.2. The summed E-state index contributed by atoms with van der Waals surface area (Å²) < 4.78 is 5.39. The van der Waals surface area contributed by atoms with Gasteiger partial charge in [-0.05, 0) is 18.1 Å². The van der Waals surface area contributed by atoms with E-state index in [9.17, 15) is 9.59 Å². The number of benzene rings is 1. The van der Waals surface area contributed by atoms with Crippen LogP contribution in [0.15, 0.2) is 24.3 Å². The molecule has 0 aromatic heterocycles. The molecule has 1 aliphatic heterocycles. The van der Waals surface area contributed by atoms with Gasteiger partial charge in [0.2, 0.25) is 11.8 Å². The van der Waals surface area contributed by atoms with Crippen molar-refractivity contribution < 1.29 is 14.3 Å². The molecule has 1 heterocycles. The van der Waals surface area contributed by atoms with E-state index in [4.69, 9.17) is 4.74 Å². The fourth-order valence-corrected chi connectivity index (χ4v) is 2.93. The fourth-order valence-electron chi connectivity index (χ4n) is 2.93. The molecule has 1 saturated heterocycles. The highest BCUT2D eigenvalue weighted by molar-refractivity contribution is 5.94. The average molecular weight is 347 g/mol. The Hall–Kier alpha value is -2.08. The van der Waals surface area contributed by atoms with Crippen LogP contribution in [0.4, 0.5) is 11.4 Å². The first kappa shape index (κ1) is 19.2. The van der Waals surface area contributed by atoms with Crippen LogP contribution < -0.4 is 10.2 Å². The zero-order chi connectivity index (χ0) is 18.2. The summed E-state index contributed by atoms with van der Waals surface area (Å²) >= 11 is 0. The molecule has 0 bridgehead atoms. The second-order valence-corrected chi connectivity index (χ2v) is 6.77.